The second-order valence-corrected chi connectivity index (χ2v) is 5.84. The van der Waals surface area contributed by atoms with Crippen molar-refractivity contribution in [1.82, 2.24) is 9.97 Å². The molecular formula is C18H22N4O3. The lowest BCUT2D eigenvalue weighted by Crippen LogP contribution is -2.16. The van der Waals surface area contributed by atoms with Gasteiger partial charge < -0.3 is 20.1 Å². The molecule has 1 aliphatic rings. The van der Waals surface area contributed by atoms with Crippen LogP contribution in [0.5, 0.6) is 11.5 Å². The van der Waals surface area contributed by atoms with Crippen molar-refractivity contribution >= 4 is 17.4 Å². The van der Waals surface area contributed by atoms with Gasteiger partial charge in [0.15, 0.2) is 11.5 Å². The minimum atomic E-state index is -0.291. The summed E-state index contributed by atoms with van der Waals surface area (Å²) >= 11 is 0. The minimum absolute atomic E-state index is 0.199. The molecule has 7 nitrogen and oxygen atoms in total. The van der Waals surface area contributed by atoms with Gasteiger partial charge in [0.25, 0.3) is 5.91 Å². The van der Waals surface area contributed by atoms with Crippen molar-refractivity contribution in [3.8, 4) is 11.5 Å². The summed E-state index contributed by atoms with van der Waals surface area (Å²) in [5.74, 6) is 2.22. The molecule has 0 saturated heterocycles. The molecular weight excluding hydrogens is 320 g/mol. The molecule has 2 heterocycles. The number of amides is 1. The van der Waals surface area contributed by atoms with Crippen LogP contribution in [0.2, 0.25) is 0 Å². The average molecular weight is 342 g/mol. The number of hydrogen-bond acceptors (Lipinski definition) is 6. The Bertz CT molecular complexity index is 764. The molecule has 3 rings (SSSR count). The van der Waals surface area contributed by atoms with Crippen LogP contribution >= 0.6 is 0 Å². The summed E-state index contributed by atoms with van der Waals surface area (Å²) in [6.45, 7) is 4.96. The van der Waals surface area contributed by atoms with Crippen molar-refractivity contribution < 1.29 is 14.3 Å². The molecule has 0 spiro atoms. The molecule has 0 aliphatic carbocycles. The van der Waals surface area contributed by atoms with Gasteiger partial charge in [0.05, 0.1) is 0 Å². The van der Waals surface area contributed by atoms with Crippen molar-refractivity contribution in [3.63, 3.8) is 0 Å². The highest BCUT2D eigenvalue weighted by molar-refractivity contribution is 6.03. The SMILES string of the molecule is CCCCCNc1cc(C(=O)Nc2ccc3c(c2)OCO3)nc(C)n1. The van der Waals surface area contributed by atoms with Gasteiger partial charge in [-0.05, 0) is 25.5 Å². The number of aryl methyl sites for hydroxylation is 1. The van der Waals surface area contributed by atoms with Gasteiger partial charge in [-0.15, -0.1) is 0 Å². The number of ether oxygens (including phenoxy) is 2. The number of benzene rings is 1. The summed E-state index contributed by atoms with van der Waals surface area (Å²) in [6.07, 6.45) is 3.39. The van der Waals surface area contributed by atoms with E-state index in [0.29, 0.717) is 34.5 Å². The first kappa shape index (κ1) is 17.0. The quantitative estimate of drug-likeness (QED) is 0.751. The number of aromatic nitrogens is 2. The van der Waals surface area contributed by atoms with Crippen molar-refractivity contribution in [2.45, 2.75) is 33.1 Å². The zero-order valence-electron chi connectivity index (χ0n) is 14.5. The molecule has 0 radical (unpaired) electrons. The van der Waals surface area contributed by atoms with E-state index in [-0.39, 0.29) is 12.7 Å². The van der Waals surface area contributed by atoms with Crippen LogP contribution in [0.25, 0.3) is 0 Å². The molecule has 1 amide bonds. The van der Waals surface area contributed by atoms with Gasteiger partial charge >= 0.3 is 0 Å². The number of nitrogens with one attached hydrogen (secondary N) is 2. The molecule has 0 unspecified atom stereocenters. The average Bonchev–Trinajstić information content (AvgIpc) is 3.06. The van der Waals surface area contributed by atoms with Crippen LogP contribution < -0.4 is 20.1 Å². The first-order valence-corrected chi connectivity index (χ1v) is 8.46. The molecule has 2 N–H and O–H groups in total. The second-order valence-electron chi connectivity index (χ2n) is 5.84. The Morgan fingerprint density at radius 3 is 2.84 bits per heavy atom. The molecule has 0 saturated carbocycles. The Morgan fingerprint density at radius 2 is 2.00 bits per heavy atom. The number of carbonyl (C=O) groups is 1. The number of hydrogen-bond donors (Lipinski definition) is 2. The largest absolute Gasteiger partial charge is 0.454 e. The van der Waals surface area contributed by atoms with E-state index in [1.54, 1.807) is 31.2 Å². The van der Waals surface area contributed by atoms with Crippen LogP contribution in [0.3, 0.4) is 0 Å². The molecule has 1 aliphatic heterocycles. The maximum Gasteiger partial charge on any atom is 0.274 e. The second kappa shape index (κ2) is 7.83. The van der Waals surface area contributed by atoms with Crippen LogP contribution in [0, 0.1) is 6.92 Å². The minimum Gasteiger partial charge on any atom is -0.454 e. The predicted molar refractivity (Wildman–Crippen MR) is 95.3 cm³/mol. The summed E-state index contributed by atoms with van der Waals surface area (Å²) in [5.41, 5.74) is 0.950. The standard InChI is InChI=1S/C18H22N4O3/c1-3-4-5-8-19-17-10-14(20-12(2)21-17)18(23)22-13-6-7-15-16(9-13)25-11-24-15/h6-7,9-10H,3-5,8,11H2,1-2H3,(H,22,23)(H,19,20,21). The highest BCUT2D eigenvalue weighted by atomic mass is 16.7. The van der Waals surface area contributed by atoms with Crippen LogP contribution in [0.15, 0.2) is 24.3 Å². The Morgan fingerprint density at radius 1 is 1.16 bits per heavy atom. The van der Waals surface area contributed by atoms with Crippen LogP contribution in [-0.4, -0.2) is 29.2 Å². The molecule has 132 valence electrons. The smallest absolute Gasteiger partial charge is 0.274 e. The van der Waals surface area contributed by atoms with E-state index in [1.165, 1.54) is 0 Å². The van der Waals surface area contributed by atoms with Crippen LogP contribution in [0.1, 0.15) is 42.5 Å². The lowest BCUT2D eigenvalue weighted by Gasteiger charge is -2.09. The fourth-order valence-corrected chi connectivity index (χ4v) is 2.54. The normalized spacial score (nSPS) is 12.1. The fourth-order valence-electron chi connectivity index (χ4n) is 2.54. The molecule has 7 heteroatoms. The Hall–Kier alpha value is -2.83. The van der Waals surface area contributed by atoms with E-state index < -0.39 is 0 Å². The van der Waals surface area contributed by atoms with E-state index >= 15 is 0 Å². The first-order valence-electron chi connectivity index (χ1n) is 8.46. The summed E-state index contributed by atoms with van der Waals surface area (Å²) in [6, 6.07) is 6.94. The molecule has 0 fully saturated rings. The zero-order chi connectivity index (χ0) is 17.6. The third-order valence-electron chi connectivity index (χ3n) is 3.79. The zero-order valence-corrected chi connectivity index (χ0v) is 14.5. The summed E-state index contributed by atoms with van der Waals surface area (Å²) in [5, 5.41) is 6.07. The number of nitrogens with zero attached hydrogens (tertiary/aromatic N) is 2. The predicted octanol–water partition coefficient (Wildman–Crippen LogP) is 3.37. The molecule has 2 aromatic rings. The molecule has 0 atom stereocenters. The highest BCUT2D eigenvalue weighted by Gasteiger charge is 2.16. The Kier molecular flexibility index (Phi) is 5.33. The molecule has 0 bridgehead atoms. The fraction of sp³-hybridized carbons (Fsp3) is 0.389. The van der Waals surface area contributed by atoms with Crippen LogP contribution in [0.4, 0.5) is 11.5 Å². The number of fused-ring (bicyclic) bond motifs is 1. The summed E-state index contributed by atoms with van der Waals surface area (Å²) < 4.78 is 10.6. The monoisotopic (exact) mass is 342 g/mol. The highest BCUT2D eigenvalue weighted by Crippen LogP contribution is 2.34. The number of rotatable bonds is 7. The van der Waals surface area contributed by atoms with Gasteiger partial charge in [0.1, 0.15) is 17.3 Å². The van der Waals surface area contributed by atoms with Gasteiger partial charge in [-0.25, -0.2) is 9.97 Å². The maximum absolute atomic E-state index is 12.5. The van der Waals surface area contributed by atoms with Crippen molar-refractivity contribution in [2.24, 2.45) is 0 Å². The van der Waals surface area contributed by atoms with Crippen molar-refractivity contribution in [2.75, 3.05) is 24.0 Å². The van der Waals surface area contributed by atoms with Crippen molar-refractivity contribution in [1.29, 1.82) is 0 Å². The van der Waals surface area contributed by atoms with E-state index in [9.17, 15) is 4.79 Å². The lowest BCUT2D eigenvalue weighted by molar-refractivity contribution is 0.102. The van der Waals surface area contributed by atoms with E-state index in [1.807, 2.05) is 0 Å². The molecule has 1 aromatic carbocycles. The van der Waals surface area contributed by atoms with Crippen molar-refractivity contribution in [3.05, 3.63) is 35.8 Å². The number of unbranched alkanes of at least 4 members (excludes halogenated alkanes) is 2. The van der Waals surface area contributed by atoms with E-state index in [2.05, 4.69) is 27.5 Å². The van der Waals surface area contributed by atoms with Gasteiger partial charge in [0, 0.05) is 24.4 Å². The maximum atomic E-state index is 12.5. The molecule has 1 aromatic heterocycles. The summed E-state index contributed by atoms with van der Waals surface area (Å²) in [4.78, 5) is 21.1. The summed E-state index contributed by atoms with van der Waals surface area (Å²) in [7, 11) is 0. The van der Waals surface area contributed by atoms with Gasteiger partial charge in [-0.3, -0.25) is 4.79 Å². The first-order chi connectivity index (χ1) is 12.2. The van der Waals surface area contributed by atoms with Gasteiger partial charge in [-0.1, -0.05) is 19.8 Å². The van der Waals surface area contributed by atoms with Crippen LogP contribution in [-0.2, 0) is 0 Å². The third kappa shape index (κ3) is 4.37. The third-order valence-corrected chi connectivity index (χ3v) is 3.79. The lowest BCUT2D eigenvalue weighted by atomic mass is 10.2. The van der Waals surface area contributed by atoms with E-state index in [4.69, 9.17) is 9.47 Å². The Labute approximate surface area is 146 Å². The number of carbonyl (C=O) groups excluding carboxylic acids is 1. The Balaban J connectivity index is 1.68. The molecule has 25 heavy (non-hydrogen) atoms. The van der Waals surface area contributed by atoms with Gasteiger partial charge in [-0.2, -0.15) is 0 Å². The van der Waals surface area contributed by atoms with Gasteiger partial charge in [0.2, 0.25) is 6.79 Å². The van der Waals surface area contributed by atoms with E-state index in [0.717, 1.165) is 25.8 Å². The topological polar surface area (TPSA) is 85.4 Å². The number of anilines is 2.